The number of anilines is 2. The molecule has 0 saturated carbocycles. The van der Waals surface area contributed by atoms with Gasteiger partial charge in [0, 0.05) is 50.5 Å². The van der Waals surface area contributed by atoms with Crippen molar-refractivity contribution in [3.8, 4) is 0 Å². The summed E-state index contributed by atoms with van der Waals surface area (Å²) in [5.74, 6) is -1.28. The third kappa shape index (κ3) is 5.59. The van der Waals surface area contributed by atoms with Gasteiger partial charge < -0.3 is 25.0 Å². The van der Waals surface area contributed by atoms with Crippen LogP contribution in [0.5, 0.6) is 0 Å². The number of nitrogens with zero attached hydrogens (tertiary/aromatic N) is 3. The number of aromatic nitrogens is 1. The van der Waals surface area contributed by atoms with E-state index >= 15 is 0 Å². The number of carbonyl (C=O) groups is 3. The zero-order valence-corrected chi connectivity index (χ0v) is 17.8. The van der Waals surface area contributed by atoms with Crippen molar-refractivity contribution in [2.75, 3.05) is 36.4 Å². The Morgan fingerprint density at radius 3 is 2.31 bits per heavy atom. The van der Waals surface area contributed by atoms with Crippen molar-refractivity contribution in [2.24, 2.45) is 0 Å². The van der Waals surface area contributed by atoms with Gasteiger partial charge in [-0.3, -0.25) is 14.4 Å². The second kappa shape index (κ2) is 10.2. The predicted molar refractivity (Wildman–Crippen MR) is 113 cm³/mol. The molecule has 0 radical (unpaired) electrons. The van der Waals surface area contributed by atoms with E-state index in [0.717, 1.165) is 11.8 Å². The van der Waals surface area contributed by atoms with Gasteiger partial charge in [-0.05, 0) is 30.7 Å². The number of hydrogen-bond donors (Lipinski definition) is 2. The molecule has 11 heteroatoms. The van der Waals surface area contributed by atoms with E-state index in [2.05, 4.69) is 25.2 Å². The van der Waals surface area contributed by atoms with E-state index in [4.69, 9.17) is 0 Å². The Bertz CT molecular complexity index is 955. The molecule has 3 rings (SSSR count). The zero-order chi connectivity index (χ0) is 23.3. The molecule has 1 aliphatic rings. The van der Waals surface area contributed by atoms with E-state index in [0.29, 0.717) is 38.3 Å². The van der Waals surface area contributed by atoms with Crippen LogP contribution in [-0.2, 0) is 9.59 Å². The Kier molecular flexibility index (Phi) is 7.39. The zero-order valence-electron chi connectivity index (χ0n) is 17.8. The van der Waals surface area contributed by atoms with Gasteiger partial charge in [0.15, 0.2) is 5.69 Å². The first-order valence-corrected chi connectivity index (χ1v) is 10.3. The molecule has 0 aliphatic carbocycles. The fourth-order valence-electron chi connectivity index (χ4n) is 3.44. The van der Waals surface area contributed by atoms with Crippen LogP contribution in [0.2, 0.25) is 0 Å². The lowest BCUT2D eigenvalue weighted by Gasteiger charge is -2.37. The van der Waals surface area contributed by atoms with Crippen molar-refractivity contribution in [3.63, 3.8) is 0 Å². The predicted octanol–water partition coefficient (Wildman–Crippen LogP) is 2.43. The first kappa shape index (κ1) is 23.2. The van der Waals surface area contributed by atoms with E-state index in [1.165, 1.54) is 6.92 Å². The molecule has 1 aromatic carbocycles. The van der Waals surface area contributed by atoms with Crippen LogP contribution in [0, 0.1) is 0 Å². The largest absolute Gasteiger partial charge is 0.368 e. The monoisotopic (exact) mass is 449 g/mol. The molecule has 1 fully saturated rings. The maximum Gasteiger partial charge on any atom is 0.294 e. The number of rotatable bonds is 7. The lowest BCUT2D eigenvalue weighted by molar-refractivity contribution is -0.136. The Morgan fingerprint density at radius 1 is 1.12 bits per heavy atom. The van der Waals surface area contributed by atoms with Gasteiger partial charge in [-0.2, -0.15) is 0 Å². The van der Waals surface area contributed by atoms with Gasteiger partial charge in [-0.1, -0.05) is 12.1 Å². The minimum atomic E-state index is -2.81. The van der Waals surface area contributed by atoms with Crippen molar-refractivity contribution in [3.05, 3.63) is 41.8 Å². The molecule has 1 unspecified atom stereocenters. The molecule has 2 aromatic rings. The highest BCUT2D eigenvalue weighted by molar-refractivity contribution is 6.02. The van der Waals surface area contributed by atoms with Crippen LogP contribution in [-0.4, -0.2) is 60.0 Å². The maximum absolute atomic E-state index is 12.6. The van der Waals surface area contributed by atoms with Gasteiger partial charge in [0.1, 0.15) is 6.04 Å². The number of hydrogen-bond acceptors (Lipinski definition) is 6. The average molecular weight is 449 g/mol. The van der Waals surface area contributed by atoms with Crippen LogP contribution in [0.3, 0.4) is 0 Å². The van der Waals surface area contributed by atoms with Crippen molar-refractivity contribution >= 4 is 29.1 Å². The molecule has 2 heterocycles. The Hall–Kier alpha value is -3.50. The van der Waals surface area contributed by atoms with Gasteiger partial charge in [0.25, 0.3) is 12.3 Å². The Morgan fingerprint density at radius 2 is 1.78 bits per heavy atom. The van der Waals surface area contributed by atoms with E-state index < -0.39 is 24.1 Å². The molecule has 1 aromatic heterocycles. The lowest BCUT2D eigenvalue weighted by Crippen LogP contribution is -2.54. The standard InChI is InChI=1S/C21H25F2N5O4/c1-3-16(24-13(2)29)21(31)28-10-8-27(9-11-28)15-6-4-14(5-7-15)25-20(30)18-12-17(19(22)23)26-32-18/h4-7,12,16,19H,3,8-11H2,1-2H3,(H,24,29)(H,25,30). The quantitative estimate of drug-likeness (QED) is 0.672. The highest BCUT2D eigenvalue weighted by atomic mass is 19.3. The molecule has 2 N–H and O–H groups in total. The van der Waals surface area contributed by atoms with E-state index in [-0.39, 0.29) is 17.6 Å². The van der Waals surface area contributed by atoms with Gasteiger partial charge in [0.05, 0.1) is 0 Å². The summed E-state index contributed by atoms with van der Waals surface area (Å²) >= 11 is 0. The highest BCUT2D eigenvalue weighted by Crippen LogP contribution is 2.22. The molecule has 0 bridgehead atoms. The summed E-state index contributed by atoms with van der Waals surface area (Å²) in [5.41, 5.74) is 0.803. The molecular formula is C21H25F2N5O4. The van der Waals surface area contributed by atoms with Gasteiger partial charge >= 0.3 is 0 Å². The Balaban J connectivity index is 1.54. The molecule has 3 amide bonds. The van der Waals surface area contributed by atoms with Gasteiger partial charge in [-0.15, -0.1) is 0 Å². The Labute approximate surface area is 183 Å². The third-order valence-corrected chi connectivity index (χ3v) is 5.14. The summed E-state index contributed by atoms with van der Waals surface area (Å²) in [6, 6.07) is 7.43. The van der Waals surface area contributed by atoms with Gasteiger partial charge in [0.2, 0.25) is 17.6 Å². The molecular weight excluding hydrogens is 424 g/mol. The summed E-state index contributed by atoms with van der Waals surface area (Å²) in [7, 11) is 0. The van der Waals surface area contributed by atoms with Crippen LogP contribution < -0.4 is 15.5 Å². The topological polar surface area (TPSA) is 108 Å². The molecule has 32 heavy (non-hydrogen) atoms. The second-order valence-electron chi connectivity index (χ2n) is 7.39. The van der Waals surface area contributed by atoms with E-state index in [9.17, 15) is 23.2 Å². The molecule has 0 spiro atoms. The number of nitrogens with one attached hydrogen (secondary N) is 2. The average Bonchev–Trinajstić information content (AvgIpc) is 3.28. The summed E-state index contributed by atoms with van der Waals surface area (Å²) < 4.78 is 29.8. The minimum Gasteiger partial charge on any atom is -0.368 e. The highest BCUT2D eigenvalue weighted by Gasteiger charge is 2.27. The summed E-state index contributed by atoms with van der Waals surface area (Å²) in [6.07, 6.45) is -2.28. The first-order valence-electron chi connectivity index (χ1n) is 10.3. The van der Waals surface area contributed by atoms with Crippen LogP contribution >= 0.6 is 0 Å². The summed E-state index contributed by atoms with van der Waals surface area (Å²) in [6.45, 7) is 5.57. The van der Waals surface area contributed by atoms with Crippen LogP contribution in [0.15, 0.2) is 34.9 Å². The number of piperazine rings is 1. The molecule has 9 nitrogen and oxygen atoms in total. The van der Waals surface area contributed by atoms with Crippen molar-refractivity contribution in [2.45, 2.75) is 32.7 Å². The van der Waals surface area contributed by atoms with Crippen molar-refractivity contribution < 1.29 is 27.7 Å². The number of halogens is 2. The van der Waals surface area contributed by atoms with Crippen LogP contribution in [0.4, 0.5) is 20.2 Å². The second-order valence-corrected chi connectivity index (χ2v) is 7.39. The number of alkyl halides is 2. The van der Waals surface area contributed by atoms with E-state index in [1.807, 2.05) is 19.1 Å². The van der Waals surface area contributed by atoms with Crippen LogP contribution in [0.25, 0.3) is 0 Å². The maximum atomic E-state index is 12.6. The number of carbonyl (C=O) groups excluding carboxylic acids is 3. The number of amides is 3. The van der Waals surface area contributed by atoms with E-state index in [1.54, 1.807) is 17.0 Å². The normalized spacial score (nSPS) is 14.9. The molecule has 1 atom stereocenters. The minimum absolute atomic E-state index is 0.0807. The first-order chi connectivity index (χ1) is 15.3. The summed E-state index contributed by atoms with van der Waals surface area (Å²) in [4.78, 5) is 39.9. The fourth-order valence-corrected chi connectivity index (χ4v) is 3.44. The molecule has 1 saturated heterocycles. The number of benzene rings is 1. The molecule has 172 valence electrons. The smallest absolute Gasteiger partial charge is 0.294 e. The molecule has 1 aliphatic heterocycles. The van der Waals surface area contributed by atoms with Crippen LogP contribution in [0.1, 0.15) is 42.9 Å². The SMILES string of the molecule is CCC(NC(C)=O)C(=O)N1CCN(c2ccc(NC(=O)c3cc(C(F)F)no3)cc2)CC1. The third-order valence-electron chi connectivity index (χ3n) is 5.14. The fraction of sp³-hybridized carbons (Fsp3) is 0.429. The summed E-state index contributed by atoms with van der Waals surface area (Å²) in [5, 5.41) is 8.42. The van der Waals surface area contributed by atoms with Crippen molar-refractivity contribution in [1.82, 2.24) is 15.4 Å². The van der Waals surface area contributed by atoms with Gasteiger partial charge in [-0.25, -0.2) is 8.78 Å². The van der Waals surface area contributed by atoms with Crippen molar-refractivity contribution in [1.29, 1.82) is 0 Å². The lowest BCUT2D eigenvalue weighted by atomic mass is 10.1.